The Hall–Kier alpha value is -6.56. The Balaban J connectivity index is 1.30. The van der Waals surface area contributed by atoms with Gasteiger partial charge in [-0.1, -0.05) is 97.1 Å². The second-order valence-electron chi connectivity index (χ2n) is 14.9. The smallest absolute Gasteiger partial charge is 0.178 e. The minimum Gasteiger partial charge on any atom is -0.497 e. The highest BCUT2D eigenvalue weighted by atomic mass is 16.5. The molecule has 1 unspecified atom stereocenters. The van der Waals surface area contributed by atoms with Gasteiger partial charge in [0.15, 0.2) is 5.60 Å². The lowest BCUT2D eigenvalue weighted by Gasteiger charge is -2.37. The van der Waals surface area contributed by atoms with Crippen molar-refractivity contribution in [3.05, 3.63) is 162 Å². The highest BCUT2D eigenvalue weighted by Crippen LogP contribution is 2.52. The highest BCUT2D eigenvalue weighted by molar-refractivity contribution is 6.37. The normalized spacial score (nSPS) is 16.9. The molecule has 0 aliphatic carbocycles. The topological polar surface area (TPSA) is 40.2 Å². The second-order valence-corrected chi connectivity index (χ2v) is 14.9. The minimum atomic E-state index is -0.895. The van der Waals surface area contributed by atoms with Crippen molar-refractivity contribution in [3.63, 3.8) is 0 Å². The largest absolute Gasteiger partial charge is 0.497 e. The fraction of sp³-hybridized carbons (Fsp3) is 0.137. The molecule has 0 N–H and O–H groups in total. The molecular weight excluding hydrogens is 691 g/mol. The molecule has 1 fully saturated rings. The molecule has 2 aliphatic rings. The monoisotopic (exact) mass is 729 g/mol. The van der Waals surface area contributed by atoms with Crippen LogP contribution in [-0.4, -0.2) is 40.5 Å². The zero-order valence-corrected chi connectivity index (χ0v) is 31.3. The van der Waals surface area contributed by atoms with Crippen molar-refractivity contribution in [2.75, 3.05) is 45.4 Å². The summed E-state index contributed by atoms with van der Waals surface area (Å²) in [6.45, 7) is 3.25. The first-order valence-electron chi connectivity index (χ1n) is 19.3. The van der Waals surface area contributed by atoms with E-state index in [0.717, 1.165) is 92.6 Å². The van der Waals surface area contributed by atoms with E-state index >= 15 is 0 Å². The van der Waals surface area contributed by atoms with Crippen molar-refractivity contribution < 1.29 is 18.9 Å². The number of fused-ring (bicyclic) bond motifs is 10. The summed E-state index contributed by atoms with van der Waals surface area (Å²) in [5.41, 5.74) is 3.46. The molecule has 0 bridgehead atoms. The van der Waals surface area contributed by atoms with E-state index in [-0.39, 0.29) is 0 Å². The number of nitrogens with zero attached hydrogens (tertiary/aromatic N) is 1. The van der Waals surface area contributed by atoms with E-state index in [0.29, 0.717) is 0 Å². The van der Waals surface area contributed by atoms with Crippen molar-refractivity contribution in [2.45, 2.75) is 5.60 Å². The number of hydrogen-bond acceptors (Lipinski definition) is 5. The van der Waals surface area contributed by atoms with Gasteiger partial charge in [-0.25, -0.2) is 0 Å². The highest BCUT2D eigenvalue weighted by Gasteiger charge is 2.39. The van der Waals surface area contributed by atoms with Gasteiger partial charge in [0.2, 0.25) is 0 Å². The molecule has 9 aromatic carbocycles. The Morgan fingerprint density at radius 3 is 1.82 bits per heavy atom. The van der Waals surface area contributed by atoms with Gasteiger partial charge in [-0.3, -0.25) is 0 Å². The SMILES string of the molecule is COc1ccc2c(c1)c1c(c3c4cccc5ccc6cccc(c7cc(OC)ccc7c23)c6c54)C=CC(c2ccccc2)(c2ccc(N3CCOCC3)cc2)O1. The lowest BCUT2D eigenvalue weighted by molar-refractivity contribution is 0.122. The van der Waals surface area contributed by atoms with Crippen LogP contribution in [0, 0.1) is 0 Å². The molecule has 1 atom stereocenters. The minimum absolute atomic E-state index is 0.741. The molecule has 0 amide bonds. The Kier molecular flexibility index (Phi) is 7.48. The van der Waals surface area contributed by atoms with Gasteiger partial charge in [-0.15, -0.1) is 0 Å². The van der Waals surface area contributed by atoms with E-state index in [1.54, 1.807) is 14.2 Å². The van der Waals surface area contributed by atoms with Gasteiger partial charge in [-0.05, 0) is 108 Å². The third-order valence-electron chi connectivity index (χ3n) is 12.1. The zero-order chi connectivity index (χ0) is 37.4. The standard InChI is InChI=1S/C51H39NO4/c1-53-37-20-22-40-44(30-37)39-12-6-8-32-14-15-33-9-7-13-42(47(33)46(32)39)49-43-24-25-51(34-10-4-3-5-11-34,35-16-18-36(19-17-35)52-26-28-55-29-27-52)56-50(43)45-31-38(54-2)21-23-41(45)48(40)49/h3-25,30-31H,26-29H2,1-2H3. The molecule has 0 aromatic heterocycles. The van der Waals surface area contributed by atoms with Crippen molar-refractivity contribution in [3.8, 4) is 17.2 Å². The van der Waals surface area contributed by atoms with Crippen LogP contribution in [0.3, 0.4) is 0 Å². The summed E-state index contributed by atoms with van der Waals surface area (Å²) >= 11 is 0. The third kappa shape index (κ3) is 4.84. The molecule has 5 nitrogen and oxygen atoms in total. The summed E-state index contributed by atoms with van der Waals surface area (Å²) in [6.07, 6.45) is 4.58. The maximum atomic E-state index is 7.69. The molecule has 5 heteroatoms. The molecule has 0 radical (unpaired) electrons. The average Bonchev–Trinajstić information content (AvgIpc) is 3.27. The van der Waals surface area contributed by atoms with Crippen LogP contribution >= 0.6 is 0 Å². The second kappa shape index (κ2) is 12.8. The number of rotatable bonds is 5. The lowest BCUT2D eigenvalue weighted by atomic mass is 9.81. The van der Waals surface area contributed by atoms with Crippen LogP contribution in [-0.2, 0) is 10.3 Å². The Bertz CT molecular complexity index is 3060. The van der Waals surface area contributed by atoms with Crippen molar-refractivity contribution >= 4 is 76.4 Å². The molecule has 0 spiro atoms. The summed E-state index contributed by atoms with van der Waals surface area (Å²) in [6, 6.07) is 50.3. The first-order chi connectivity index (χ1) is 27.6. The molecule has 0 saturated carbocycles. The van der Waals surface area contributed by atoms with Crippen LogP contribution in [0.5, 0.6) is 17.2 Å². The molecule has 1 saturated heterocycles. The number of methoxy groups -OCH3 is 2. The van der Waals surface area contributed by atoms with Crippen molar-refractivity contribution in [2.24, 2.45) is 0 Å². The maximum Gasteiger partial charge on any atom is 0.178 e. The molecule has 9 aromatic rings. The zero-order valence-electron chi connectivity index (χ0n) is 31.3. The summed E-state index contributed by atoms with van der Waals surface area (Å²) in [5, 5.41) is 13.9. The van der Waals surface area contributed by atoms with Crippen molar-refractivity contribution in [1.29, 1.82) is 0 Å². The number of anilines is 1. The molecule has 11 rings (SSSR count). The van der Waals surface area contributed by atoms with Gasteiger partial charge in [0.25, 0.3) is 0 Å². The quantitative estimate of drug-likeness (QED) is 0.165. The van der Waals surface area contributed by atoms with E-state index in [1.807, 2.05) is 0 Å². The lowest BCUT2D eigenvalue weighted by Crippen LogP contribution is -2.36. The van der Waals surface area contributed by atoms with Gasteiger partial charge in [0, 0.05) is 46.2 Å². The molecular formula is C51H39NO4. The van der Waals surface area contributed by atoms with Gasteiger partial charge in [0.1, 0.15) is 17.2 Å². The summed E-state index contributed by atoms with van der Waals surface area (Å²) in [7, 11) is 3.47. The van der Waals surface area contributed by atoms with Crippen molar-refractivity contribution in [1.82, 2.24) is 0 Å². The van der Waals surface area contributed by atoms with Crippen LogP contribution in [0.15, 0.2) is 146 Å². The average molecular weight is 730 g/mol. The van der Waals surface area contributed by atoms with Gasteiger partial charge in [-0.2, -0.15) is 0 Å². The Morgan fingerprint density at radius 1 is 0.518 bits per heavy atom. The van der Waals surface area contributed by atoms with E-state index in [1.165, 1.54) is 38.0 Å². The van der Waals surface area contributed by atoms with Crippen LogP contribution in [0.1, 0.15) is 16.7 Å². The number of morpholine rings is 1. The maximum absolute atomic E-state index is 7.69. The predicted octanol–water partition coefficient (Wildman–Crippen LogP) is 11.8. The molecule has 56 heavy (non-hydrogen) atoms. The van der Waals surface area contributed by atoms with Gasteiger partial charge >= 0.3 is 0 Å². The Labute approximate surface area is 324 Å². The predicted molar refractivity (Wildman–Crippen MR) is 231 cm³/mol. The first-order valence-corrected chi connectivity index (χ1v) is 19.3. The van der Waals surface area contributed by atoms with E-state index in [9.17, 15) is 0 Å². The molecule has 272 valence electrons. The fourth-order valence-corrected chi connectivity index (χ4v) is 9.39. The van der Waals surface area contributed by atoms with Crippen LogP contribution < -0.4 is 19.1 Å². The third-order valence-corrected chi connectivity index (χ3v) is 12.1. The van der Waals surface area contributed by atoms with E-state index in [4.69, 9.17) is 18.9 Å². The molecule has 2 aliphatic heterocycles. The summed E-state index contributed by atoms with van der Waals surface area (Å²) < 4.78 is 25.1. The van der Waals surface area contributed by atoms with E-state index < -0.39 is 5.60 Å². The van der Waals surface area contributed by atoms with Crippen LogP contribution in [0.2, 0.25) is 0 Å². The van der Waals surface area contributed by atoms with E-state index in [2.05, 4.69) is 157 Å². The van der Waals surface area contributed by atoms with Gasteiger partial charge < -0.3 is 23.8 Å². The van der Waals surface area contributed by atoms with Gasteiger partial charge in [0.05, 0.1) is 27.4 Å². The fourth-order valence-electron chi connectivity index (χ4n) is 9.39. The first kappa shape index (κ1) is 32.8. The number of ether oxygens (including phenoxy) is 4. The van der Waals surface area contributed by atoms with Crippen LogP contribution in [0.25, 0.3) is 70.7 Å². The van der Waals surface area contributed by atoms with Crippen LogP contribution in [0.4, 0.5) is 5.69 Å². The Morgan fingerprint density at radius 2 is 1.12 bits per heavy atom. The number of hydrogen-bond donors (Lipinski definition) is 0. The number of benzene rings is 8. The summed E-state index contributed by atoms with van der Waals surface area (Å²) in [5.74, 6) is 2.42. The summed E-state index contributed by atoms with van der Waals surface area (Å²) in [4.78, 5) is 2.39. The molecule has 2 heterocycles.